The van der Waals surface area contributed by atoms with E-state index in [9.17, 15) is 14.4 Å². The van der Waals surface area contributed by atoms with E-state index in [4.69, 9.17) is 4.74 Å². The molecule has 0 aromatic heterocycles. The Morgan fingerprint density at radius 3 is 1.95 bits per heavy atom. The molecule has 0 fully saturated rings. The van der Waals surface area contributed by atoms with Crippen molar-refractivity contribution in [2.24, 2.45) is 10.2 Å². The first kappa shape index (κ1) is 24.8. The Morgan fingerprint density at radius 1 is 0.763 bits per heavy atom. The molecule has 3 aromatic carbocycles. The molecule has 0 N–H and O–H groups in total. The normalized spacial score (nSPS) is 20.7. The Kier molecular flexibility index (Phi) is 6.95. The first-order valence-electron chi connectivity index (χ1n) is 12.2. The van der Waals surface area contributed by atoms with Gasteiger partial charge in [0.05, 0.1) is 5.92 Å². The zero-order chi connectivity index (χ0) is 26.6. The van der Waals surface area contributed by atoms with E-state index >= 15 is 0 Å². The first-order valence-corrected chi connectivity index (χ1v) is 12.2. The van der Waals surface area contributed by atoms with Crippen LogP contribution in [0, 0.1) is 0 Å². The van der Waals surface area contributed by atoms with E-state index in [1.807, 2.05) is 72.8 Å². The molecular weight excluding hydrogens is 480 g/mol. The fourth-order valence-corrected chi connectivity index (χ4v) is 4.59. The maximum atomic E-state index is 13.6. The Labute approximate surface area is 220 Å². The quantitative estimate of drug-likeness (QED) is 0.461. The van der Waals surface area contributed by atoms with E-state index in [2.05, 4.69) is 10.2 Å². The molecule has 38 heavy (non-hydrogen) atoms. The number of hydrazone groups is 2. The zero-order valence-corrected chi connectivity index (χ0v) is 21.0. The smallest absolute Gasteiger partial charge is 0.243 e. The number of carbonyl (C=O) groups is 3. The van der Waals surface area contributed by atoms with Crippen molar-refractivity contribution in [1.29, 1.82) is 0 Å². The summed E-state index contributed by atoms with van der Waals surface area (Å²) in [7, 11) is 0. The second-order valence-corrected chi connectivity index (χ2v) is 8.96. The van der Waals surface area contributed by atoms with Crippen LogP contribution < -0.4 is 0 Å². The minimum absolute atomic E-state index is 0.131. The lowest BCUT2D eigenvalue weighted by molar-refractivity contribution is -0.133. The van der Waals surface area contributed by atoms with Crippen LogP contribution in [0.5, 0.6) is 0 Å². The summed E-state index contributed by atoms with van der Waals surface area (Å²) in [6.45, 7) is 2.77. The average Bonchev–Trinajstić information content (AvgIpc) is 3.55. The maximum absolute atomic E-state index is 13.6. The number of hydrogen-bond donors (Lipinski definition) is 0. The molecule has 3 aromatic rings. The predicted molar refractivity (Wildman–Crippen MR) is 144 cm³/mol. The van der Waals surface area contributed by atoms with Gasteiger partial charge < -0.3 is 4.74 Å². The lowest BCUT2D eigenvalue weighted by Gasteiger charge is -2.25. The van der Waals surface area contributed by atoms with Crippen molar-refractivity contribution in [1.82, 2.24) is 10.0 Å². The number of hydrogen-bond acceptors (Lipinski definition) is 6. The molecule has 0 saturated carbocycles. The summed E-state index contributed by atoms with van der Waals surface area (Å²) >= 11 is 0. The number of Topliss-reactive ketones (excluding diaryl/α,β-unsaturated/α-hetero) is 1. The maximum Gasteiger partial charge on any atom is 0.243 e. The highest BCUT2D eigenvalue weighted by Crippen LogP contribution is 2.36. The molecule has 3 unspecified atom stereocenters. The van der Waals surface area contributed by atoms with Crippen LogP contribution in [0.3, 0.4) is 0 Å². The van der Waals surface area contributed by atoms with Gasteiger partial charge >= 0.3 is 0 Å². The third-order valence-electron chi connectivity index (χ3n) is 6.36. The van der Waals surface area contributed by atoms with Gasteiger partial charge in [0.25, 0.3) is 0 Å². The molecule has 5 rings (SSSR count). The molecule has 190 valence electrons. The van der Waals surface area contributed by atoms with Crippen LogP contribution >= 0.6 is 0 Å². The van der Waals surface area contributed by atoms with Gasteiger partial charge in [0, 0.05) is 19.4 Å². The summed E-state index contributed by atoms with van der Waals surface area (Å²) in [4.78, 5) is 38.9. The SMILES string of the molecule is CC(=O)N1N=C(C2C(c3ccccc3)C(C(=O)c3ccccc3)=NN2C(C)=O)OC1/C=C/c1ccccc1. The number of nitrogens with zero attached hydrogens (tertiary/aromatic N) is 4. The molecular formula is C30H26N4O4. The third kappa shape index (κ3) is 4.88. The first-order chi connectivity index (χ1) is 18.4. The van der Waals surface area contributed by atoms with Crippen LogP contribution in [-0.4, -0.2) is 51.5 Å². The van der Waals surface area contributed by atoms with E-state index in [0.717, 1.165) is 11.1 Å². The van der Waals surface area contributed by atoms with Gasteiger partial charge in [-0.3, -0.25) is 14.4 Å². The molecule has 0 radical (unpaired) electrons. The van der Waals surface area contributed by atoms with Crippen molar-refractivity contribution in [3.05, 3.63) is 114 Å². The zero-order valence-electron chi connectivity index (χ0n) is 21.0. The fourth-order valence-electron chi connectivity index (χ4n) is 4.59. The van der Waals surface area contributed by atoms with Gasteiger partial charge in [-0.2, -0.15) is 10.1 Å². The van der Waals surface area contributed by atoms with E-state index in [-0.39, 0.29) is 29.2 Å². The number of benzene rings is 3. The van der Waals surface area contributed by atoms with Crippen molar-refractivity contribution in [2.45, 2.75) is 32.0 Å². The lowest BCUT2D eigenvalue weighted by atomic mass is 9.84. The van der Waals surface area contributed by atoms with E-state index < -0.39 is 18.2 Å². The van der Waals surface area contributed by atoms with Crippen LogP contribution in [0.1, 0.15) is 41.3 Å². The average molecular weight is 507 g/mol. The summed E-state index contributed by atoms with van der Waals surface area (Å²) in [6, 6.07) is 26.9. The predicted octanol–water partition coefficient (Wildman–Crippen LogP) is 4.47. The molecule has 3 atom stereocenters. The highest BCUT2D eigenvalue weighted by atomic mass is 16.5. The Balaban J connectivity index is 1.55. The molecule has 0 saturated heterocycles. The van der Waals surface area contributed by atoms with Crippen molar-refractivity contribution < 1.29 is 19.1 Å². The van der Waals surface area contributed by atoms with Gasteiger partial charge in [-0.05, 0) is 17.2 Å². The summed E-state index contributed by atoms with van der Waals surface area (Å²) in [5, 5.41) is 11.5. The van der Waals surface area contributed by atoms with Crippen LogP contribution in [-0.2, 0) is 14.3 Å². The fraction of sp³-hybridized carbons (Fsp3) is 0.167. The van der Waals surface area contributed by atoms with Crippen LogP contribution in [0.15, 0.2) is 107 Å². The monoisotopic (exact) mass is 506 g/mol. The molecule has 2 amide bonds. The van der Waals surface area contributed by atoms with Gasteiger partial charge in [-0.25, -0.2) is 5.01 Å². The second kappa shape index (κ2) is 10.6. The Bertz CT molecular complexity index is 1430. The lowest BCUT2D eigenvalue weighted by Crippen LogP contribution is -2.42. The van der Waals surface area contributed by atoms with Gasteiger partial charge in [0.2, 0.25) is 29.7 Å². The van der Waals surface area contributed by atoms with Crippen LogP contribution in [0.4, 0.5) is 0 Å². The number of ketones is 1. The minimum atomic E-state index is -0.852. The van der Waals surface area contributed by atoms with Gasteiger partial charge in [0.15, 0.2) is 0 Å². The van der Waals surface area contributed by atoms with Crippen molar-refractivity contribution in [3.63, 3.8) is 0 Å². The molecule has 2 aliphatic rings. The van der Waals surface area contributed by atoms with Crippen molar-refractivity contribution in [3.8, 4) is 0 Å². The van der Waals surface area contributed by atoms with Gasteiger partial charge in [-0.1, -0.05) is 97.1 Å². The molecule has 0 aliphatic carbocycles. The molecule has 8 nitrogen and oxygen atoms in total. The highest BCUT2D eigenvalue weighted by molar-refractivity contribution is 6.48. The molecule has 0 bridgehead atoms. The van der Waals surface area contributed by atoms with E-state index in [1.165, 1.54) is 23.9 Å². The van der Waals surface area contributed by atoms with Gasteiger partial charge in [0.1, 0.15) is 11.8 Å². The second-order valence-electron chi connectivity index (χ2n) is 8.96. The summed E-state index contributed by atoms with van der Waals surface area (Å²) < 4.78 is 6.20. The van der Waals surface area contributed by atoms with E-state index in [1.54, 1.807) is 30.3 Å². The Morgan fingerprint density at radius 2 is 1.34 bits per heavy atom. The number of carbonyl (C=O) groups excluding carboxylic acids is 3. The van der Waals surface area contributed by atoms with Gasteiger partial charge in [-0.15, -0.1) is 5.10 Å². The number of amides is 2. The summed E-state index contributed by atoms with van der Waals surface area (Å²) in [5.41, 5.74) is 2.36. The summed E-state index contributed by atoms with van der Waals surface area (Å²) in [6.07, 6.45) is 2.75. The van der Waals surface area contributed by atoms with Crippen molar-refractivity contribution in [2.75, 3.05) is 0 Å². The molecule has 2 heterocycles. The summed E-state index contributed by atoms with van der Waals surface area (Å²) in [5.74, 6) is -1.52. The van der Waals surface area contributed by atoms with Crippen LogP contribution in [0.2, 0.25) is 0 Å². The van der Waals surface area contributed by atoms with Crippen LogP contribution in [0.25, 0.3) is 6.08 Å². The molecule has 0 spiro atoms. The van der Waals surface area contributed by atoms with Crippen molar-refractivity contribution >= 4 is 35.3 Å². The standard InChI is InChI=1S/C30H26N4O4/c1-20(35)33-25(19-18-22-12-6-3-7-13-22)38-30(32-33)28-26(23-14-8-4-9-15-23)27(31-34(28)21(2)36)29(37)24-16-10-5-11-17-24/h3-19,25-26,28H,1-2H3/b19-18+. The molecule has 8 heteroatoms. The third-order valence-corrected chi connectivity index (χ3v) is 6.36. The highest BCUT2D eigenvalue weighted by Gasteiger charge is 2.49. The Hall–Kier alpha value is -4.85. The number of rotatable bonds is 6. The number of ether oxygens (including phenoxy) is 1. The van der Waals surface area contributed by atoms with E-state index in [0.29, 0.717) is 5.56 Å². The minimum Gasteiger partial charge on any atom is -0.448 e. The largest absolute Gasteiger partial charge is 0.448 e. The molecule has 2 aliphatic heterocycles. The topological polar surface area (TPSA) is 91.6 Å².